The minimum absolute atomic E-state index is 0.368. The van der Waals surface area contributed by atoms with Crippen LogP contribution in [0.5, 0.6) is 0 Å². The molecule has 22 heavy (non-hydrogen) atoms. The quantitative estimate of drug-likeness (QED) is 0.727. The van der Waals surface area contributed by atoms with Crippen molar-refractivity contribution >= 4 is 10.8 Å². The molecule has 0 bridgehead atoms. The minimum atomic E-state index is 0.368. The van der Waals surface area contributed by atoms with E-state index in [1.807, 2.05) is 24.3 Å². The van der Waals surface area contributed by atoms with Crippen LogP contribution in [0.25, 0.3) is 22.3 Å². The van der Waals surface area contributed by atoms with Crippen molar-refractivity contribution in [1.29, 1.82) is 0 Å². The predicted molar refractivity (Wildman–Crippen MR) is 84.5 cm³/mol. The van der Waals surface area contributed by atoms with E-state index in [9.17, 15) is 0 Å². The van der Waals surface area contributed by atoms with Crippen LogP contribution in [0.1, 0.15) is 24.7 Å². The molecule has 4 rings (SSSR count). The molecule has 0 radical (unpaired) electrons. The zero-order chi connectivity index (χ0) is 14.9. The molecule has 2 aromatic heterocycles. The van der Waals surface area contributed by atoms with Gasteiger partial charge in [0.25, 0.3) is 0 Å². The second-order valence-electron chi connectivity index (χ2n) is 5.91. The zero-order valence-electron chi connectivity index (χ0n) is 12.6. The van der Waals surface area contributed by atoms with Gasteiger partial charge in [-0.15, -0.1) is 0 Å². The van der Waals surface area contributed by atoms with Gasteiger partial charge >= 0.3 is 0 Å². The molecule has 1 aromatic carbocycles. The number of aromatic nitrogens is 3. The van der Waals surface area contributed by atoms with Crippen molar-refractivity contribution in [2.24, 2.45) is 0 Å². The van der Waals surface area contributed by atoms with E-state index in [0.717, 1.165) is 48.3 Å². The molecule has 0 N–H and O–H groups in total. The third-order valence-electron chi connectivity index (χ3n) is 4.39. The first-order valence-electron chi connectivity index (χ1n) is 7.67. The highest BCUT2D eigenvalue weighted by molar-refractivity contribution is 5.92. The van der Waals surface area contributed by atoms with Crippen LogP contribution >= 0.6 is 0 Å². The van der Waals surface area contributed by atoms with E-state index in [2.05, 4.69) is 33.1 Å². The number of pyridine rings is 1. The summed E-state index contributed by atoms with van der Waals surface area (Å²) < 4.78 is 5.52. The fourth-order valence-corrected chi connectivity index (χ4v) is 3.05. The molecule has 0 unspecified atom stereocenters. The summed E-state index contributed by atoms with van der Waals surface area (Å²) in [5, 5.41) is 6.36. The summed E-state index contributed by atoms with van der Waals surface area (Å²) in [6.07, 6.45) is 3.94. The molecule has 0 aliphatic carbocycles. The van der Waals surface area contributed by atoms with Crippen molar-refractivity contribution in [2.45, 2.75) is 18.8 Å². The van der Waals surface area contributed by atoms with Gasteiger partial charge in [0.05, 0.1) is 0 Å². The van der Waals surface area contributed by atoms with Crippen LogP contribution in [-0.2, 0) is 0 Å². The van der Waals surface area contributed by atoms with E-state index in [1.165, 1.54) is 0 Å². The van der Waals surface area contributed by atoms with Crippen molar-refractivity contribution in [3.63, 3.8) is 0 Å². The fourth-order valence-electron chi connectivity index (χ4n) is 3.05. The highest BCUT2D eigenvalue weighted by Crippen LogP contribution is 2.29. The van der Waals surface area contributed by atoms with Crippen LogP contribution in [0.3, 0.4) is 0 Å². The van der Waals surface area contributed by atoms with E-state index in [4.69, 9.17) is 4.52 Å². The highest BCUT2D eigenvalue weighted by Gasteiger charge is 2.24. The van der Waals surface area contributed by atoms with Gasteiger partial charge in [0, 0.05) is 17.5 Å². The Morgan fingerprint density at radius 3 is 2.82 bits per heavy atom. The molecule has 3 heterocycles. The normalized spacial score (nSPS) is 17.1. The van der Waals surface area contributed by atoms with Crippen LogP contribution in [0.2, 0.25) is 0 Å². The Morgan fingerprint density at radius 1 is 1.14 bits per heavy atom. The van der Waals surface area contributed by atoms with Gasteiger partial charge in [-0.05, 0) is 44.4 Å². The topological polar surface area (TPSA) is 55.1 Å². The number of hydrogen-bond donors (Lipinski definition) is 0. The Bertz CT molecular complexity index is 785. The Kier molecular flexibility index (Phi) is 3.35. The zero-order valence-corrected chi connectivity index (χ0v) is 12.6. The SMILES string of the molecule is CN1CCC(c2nc(-c3nccc4ccccc34)no2)CC1. The average molecular weight is 294 g/mol. The molecule has 112 valence electrons. The van der Waals surface area contributed by atoms with Gasteiger partial charge in [0.15, 0.2) is 0 Å². The van der Waals surface area contributed by atoms with Crippen LogP contribution < -0.4 is 0 Å². The Hall–Kier alpha value is -2.27. The molecule has 0 amide bonds. The minimum Gasteiger partial charge on any atom is -0.339 e. The van der Waals surface area contributed by atoms with E-state index in [0.29, 0.717) is 11.7 Å². The molecular weight excluding hydrogens is 276 g/mol. The Labute approximate surface area is 129 Å². The second-order valence-corrected chi connectivity index (χ2v) is 5.91. The third-order valence-corrected chi connectivity index (χ3v) is 4.39. The summed E-state index contributed by atoms with van der Waals surface area (Å²) in [6.45, 7) is 2.16. The molecule has 3 aromatic rings. The molecule has 1 aliphatic rings. The van der Waals surface area contributed by atoms with Gasteiger partial charge in [-0.3, -0.25) is 4.98 Å². The summed E-state index contributed by atoms with van der Waals surface area (Å²) in [4.78, 5) is 11.4. The van der Waals surface area contributed by atoms with E-state index in [1.54, 1.807) is 6.20 Å². The number of benzene rings is 1. The van der Waals surface area contributed by atoms with E-state index < -0.39 is 0 Å². The number of nitrogens with zero attached hydrogens (tertiary/aromatic N) is 4. The highest BCUT2D eigenvalue weighted by atomic mass is 16.5. The molecule has 5 nitrogen and oxygen atoms in total. The molecule has 1 fully saturated rings. The molecule has 0 atom stereocenters. The van der Waals surface area contributed by atoms with Gasteiger partial charge in [-0.2, -0.15) is 4.98 Å². The van der Waals surface area contributed by atoms with Gasteiger partial charge < -0.3 is 9.42 Å². The first-order chi connectivity index (χ1) is 10.8. The predicted octanol–water partition coefficient (Wildman–Crippen LogP) is 3.09. The van der Waals surface area contributed by atoms with E-state index >= 15 is 0 Å². The molecule has 1 aliphatic heterocycles. The monoisotopic (exact) mass is 294 g/mol. The average Bonchev–Trinajstić information content (AvgIpc) is 3.05. The maximum atomic E-state index is 5.52. The van der Waals surface area contributed by atoms with Crippen LogP contribution in [0, 0.1) is 0 Å². The van der Waals surface area contributed by atoms with Crippen molar-refractivity contribution in [3.8, 4) is 11.5 Å². The van der Waals surface area contributed by atoms with Gasteiger partial charge in [0.1, 0.15) is 5.69 Å². The number of piperidine rings is 1. The smallest absolute Gasteiger partial charge is 0.230 e. The van der Waals surface area contributed by atoms with Crippen LogP contribution in [0.15, 0.2) is 41.1 Å². The molecule has 0 saturated carbocycles. The summed E-state index contributed by atoms with van der Waals surface area (Å²) in [5.41, 5.74) is 0.793. The van der Waals surface area contributed by atoms with Crippen LogP contribution in [-0.4, -0.2) is 40.2 Å². The Morgan fingerprint density at radius 2 is 1.95 bits per heavy atom. The molecule has 1 saturated heterocycles. The maximum Gasteiger partial charge on any atom is 0.230 e. The van der Waals surface area contributed by atoms with Gasteiger partial charge in [-0.25, -0.2) is 0 Å². The third kappa shape index (κ3) is 2.37. The lowest BCUT2D eigenvalue weighted by molar-refractivity contribution is 0.227. The molecular formula is C17H18N4O. The van der Waals surface area contributed by atoms with Gasteiger partial charge in [0.2, 0.25) is 11.7 Å². The number of hydrogen-bond acceptors (Lipinski definition) is 5. The summed E-state index contributed by atoms with van der Waals surface area (Å²) in [7, 11) is 2.15. The van der Waals surface area contributed by atoms with Crippen molar-refractivity contribution in [3.05, 3.63) is 42.4 Å². The number of fused-ring (bicyclic) bond motifs is 1. The standard InChI is InChI=1S/C17H18N4O/c1-21-10-7-13(8-11-21)17-19-16(20-22-17)15-14-5-3-2-4-12(14)6-9-18-15/h2-6,9,13H,7-8,10-11H2,1H3. The largest absolute Gasteiger partial charge is 0.339 e. The first-order valence-corrected chi connectivity index (χ1v) is 7.67. The number of likely N-dealkylation sites (tertiary alicyclic amines) is 1. The number of rotatable bonds is 2. The van der Waals surface area contributed by atoms with Crippen molar-refractivity contribution in [2.75, 3.05) is 20.1 Å². The molecule has 0 spiro atoms. The summed E-state index contributed by atoms with van der Waals surface area (Å²) in [5.74, 6) is 1.70. The Balaban J connectivity index is 1.68. The lowest BCUT2D eigenvalue weighted by Gasteiger charge is -2.26. The second kappa shape index (κ2) is 5.50. The summed E-state index contributed by atoms with van der Waals surface area (Å²) in [6, 6.07) is 10.1. The lowest BCUT2D eigenvalue weighted by Crippen LogP contribution is -2.29. The van der Waals surface area contributed by atoms with Crippen LogP contribution in [0.4, 0.5) is 0 Å². The first kappa shape index (κ1) is 13.4. The van der Waals surface area contributed by atoms with Crippen molar-refractivity contribution in [1.82, 2.24) is 20.0 Å². The van der Waals surface area contributed by atoms with Gasteiger partial charge in [-0.1, -0.05) is 29.4 Å². The maximum absolute atomic E-state index is 5.52. The van der Waals surface area contributed by atoms with Crippen molar-refractivity contribution < 1.29 is 4.52 Å². The summed E-state index contributed by atoms with van der Waals surface area (Å²) >= 11 is 0. The lowest BCUT2D eigenvalue weighted by atomic mass is 9.97. The molecule has 5 heteroatoms. The van der Waals surface area contributed by atoms with E-state index in [-0.39, 0.29) is 0 Å². The fraction of sp³-hybridized carbons (Fsp3) is 0.353.